The molecule has 1 amide bonds. The summed E-state index contributed by atoms with van der Waals surface area (Å²) in [5.74, 6) is 1.57. The molecule has 2 aromatic heterocycles. The van der Waals surface area contributed by atoms with Crippen molar-refractivity contribution in [1.29, 1.82) is 0 Å². The number of carbonyl (C=O) groups excluding carboxylic acids is 1. The van der Waals surface area contributed by atoms with Gasteiger partial charge in [0.05, 0.1) is 30.0 Å². The van der Waals surface area contributed by atoms with Gasteiger partial charge in [0.25, 0.3) is 5.91 Å². The summed E-state index contributed by atoms with van der Waals surface area (Å²) in [5, 5.41) is 8.28. The SMILES string of the molecule is CCOc1ccc(CN(C)CC(=O)N2N=C(c3cccs3)CC2c2ccco2)cc1. The number of furan rings is 1. The summed E-state index contributed by atoms with van der Waals surface area (Å²) in [6.45, 7) is 3.55. The van der Waals surface area contributed by atoms with E-state index in [9.17, 15) is 4.79 Å². The Balaban J connectivity index is 1.44. The minimum absolute atomic E-state index is 0.0450. The summed E-state index contributed by atoms with van der Waals surface area (Å²) < 4.78 is 11.1. The van der Waals surface area contributed by atoms with Crippen molar-refractivity contribution in [2.24, 2.45) is 5.10 Å². The Morgan fingerprint density at radius 1 is 1.27 bits per heavy atom. The zero-order valence-corrected chi connectivity index (χ0v) is 18.0. The molecule has 0 spiro atoms. The van der Waals surface area contributed by atoms with Gasteiger partial charge in [-0.2, -0.15) is 5.10 Å². The first-order valence-corrected chi connectivity index (χ1v) is 10.9. The molecule has 3 heterocycles. The van der Waals surface area contributed by atoms with Gasteiger partial charge in [-0.3, -0.25) is 9.69 Å². The van der Waals surface area contributed by atoms with Crippen molar-refractivity contribution in [3.8, 4) is 5.75 Å². The average molecular weight is 424 g/mol. The summed E-state index contributed by atoms with van der Waals surface area (Å²) in [5.41, 5.74) is 2.05. The monoisotopic (exact) mass is 423 g/mol. The number of nitrogens with zero attached hydrogens (tertiary/aromatic N) is 3. The van der Waals surface area contributed by atoms with E-state index in [1.54, 1.807) is 22.6 Å². The largest absolute Gasteiger partial charge is 0.494 e. The van der Waals surface area contributed by atoms with Gasteiger partial charge in [0.1, 0.15) is 17.6 Å². The van der Waals surface area contributed by atoms with E-state index < -0.39 is 0 Å². The lowest BCUT2D eigenvalue weighted by molar-refractivity contribution is -0.134. The van der Waals surface area contributed by atoms with Gasteiger partial charge in [-0.15, -0.1) is 11.3 Å². The average Bonchev–Trinajstić information content (AvgIpc) is 3.49. The van der Waals surface area contributed by atoms with Gasteiger partial charge >= 0.3 is 0 Å². The van der Waals surface area contributed by atoms with E-state index in [-0.39, 0.29) is 18.5 Å². The topological polar surface area (TPSA) is 58.3 Å². The molecule has 0 radical (unpaired) electrons. The van der Waals surface area contributed by atoms with Crippen molar-refractivity contribution in [1.82, 2.24) is 9.91 Å². The van der Waals surface area contributed by atoms with Crippen molar-refractivity contribution >= 4 is 23.0 Å². The lowest BCUT2D eigenvalue weighted by atomic mass is 10.1. The lowest BCUT2D eigenvalue weighted by Gasteiger charge is -2.23. The van der Waals surface area contributed by atoms with Crippen molar-refractivity contribution in [2.75, 3.05) is 20.2 Å². The third-order valence-corrected chi connectivity index (χ3v) is 5.85. The summed E-state index contributed by atoms with van der Waals surface area (Å²) >= 11 is 1.63. The van der Waals surface area contributed by atoms with E-state index in [2.05, 4.69) is 5.10 Å². The molecule has 0 saturated carbocycles. The Morgan fingerprint density at radius 3 is 2.77 bits per heavy atom. The van der Waals surface area contributed by atoms with E-state index >= 15 is 0 Å². The summed E-state index contributed by atoms with van der Waals surface area (Å²) in [7, 11) is 1.94. The van der Waals surface area contributed by atoms with Crippen LogP contribution in [-0.4, -0.2) is 41.7 Å². The van der Waals surface area contributed by atoms with Crippen LogP contribution in [0.15, 0.2) is 69.7 Å². The molecule has 0 N–H and O–H groups in total. The van der Waals surface area contributed by atoms with Gasteiger partial charge in [0, 0.05) is 13.0 Å². The highest BCUT2D eigenvalue weighted by Crippen LogP contribution is 2.34. The molecular formula is C23H25N3O3S. The standard InChI is InChI=1S/C23H25N3O3S/c1-3-28-18-10-8-17(9-11-18)15-25(2)16-23(27)26-20(21-6-4-12-29-21)14-19(24-26)22-7-5-13-30-22/h4-13,20H,3,14-16H2,1-2H3. The van der Waals surface area contributed by atoms with Crippen LogP contribution in [0.2, 0.25) is 0 Å². The highest BCUT2D eigenvalue weighted by Gasteiger charge is 2.35. The highest BCUT2D eigenvalue weighted by molar-refractivity contribution is 7.12. The number of thiophene rings is 1. The number of amides is 1. The molecule has 0 fully saturated rings. The molecule has 1 aromatic carbocycles. The molecule has 0 saturated heterocycles. The number of ether oxygens (including phenoxy) is 1. The van der Waals surface area contributed by atoms with Crippen LogP contribution in [0.3, 0.4) is 0 Å². The maximum Gasteiger partial charge on any atom is 0.257 e. The zero-order valence-electron chi connectivity index (χ0n) is 17.2. The van der Waals surface area contributed by atoms with E-state index in [1.165, 1.54) is 0 Å². The molecule has 30 heavy (non-hydrogen) atoms. The van der Waals surface area contributed by atoms with Crippen LogP contribution in [0.1, 0.15) is 35.6 Å². The predicted octanol–water partition coefficient (Wildman–Crippen LogP) is 4.55. The van der Waals surface area contributed by atoms with Crippen LogP contribution in [0, 0.1) is 0 Å². The first-order valence-electron chi connectivity index (χ1n) is 10.0. The molecule has 1 unspecified atom stereocenters. The number of benzene rings is 1. The van der Waals surface area contributed by atoms with E-state index in [0.717, 1.165) is 27.7 Å². The van der Waals surface area contributed by atoms with Crippen molar-refractivity contribution in [2.45, 2.75) is 25.9 Å². The Morgan fingerprint density at radius 2 is 2.10 bits per heavy atom. The second-order valence-corrected chi connectivity index (χ2v) is 8.19. The van der Waals surface area contributed by atoms with Gasteiger partial charge in [0.15, 0.2) is 0 Å². The minimum Gasteiger partial charge on any atom is -0.494 e. The second kappa shape index (κ2) is 9.28. The van der Waals surface area contributed by atoms with Crippen LogP contribution in [0.5, 0.6) is 5.75 Å². The van der Waals surface area contributed by atoms with E-state index in [0.29, 0.717) is 19.6 Å². The molecule has 1 aliphatic rings. The van der Waals surface area contributed by atoms with Crippen LogP contribution < -0.4 is 4.74 Å². The summed E-state index contributed by atoms with van der Waals surface area (Å²) in [4.78, 5) is 16.2. The van der Waals surface area contributed by atoms with Crippen molar-refractivity contribution in [3.63, 3.8) is 0 Å². The Labute approximate surface area is 180 Å². The van der Waals surface area contributed by atoms with Crippen molar-refractivity contribution in [3.05, 3.63) is 76.4 Å². The molecular weight excluding hydrogens is 398 g/mol. The smallest absolute Gasteiger partial charge is 0.257 e. The minimum atomic E-state index is -0.205. The first-order chi connectivity index (χ1) is 14.6. The fraction of sp³-hybridized carbons (Fsp3) is 0.304. The summed E-state index contributed by atoms with van der Waals surface area (Å²) in [6, 6.07) is 15.6. The van der Waals surface area contributed by atoms with Gasteiger partial charge < -0.3 is 9.15 Å². The number of carbonyl (C=O) groups is 1. The fourth-order valence-electron chi connectivity index (χ4n) is 3.56. The molecule has 1 aliphatic heterocycles. The summed E-state index contributed by atoms with van der Waals surface area (Å²) in [6.07, 6.45) is 2.29. The lowest BCUT2D eigenvalue weighted by Crippen LogP contribution is -2.36. The molecule has 6 nitrogen and oxygen atoms in total. The number of hydrogen-bond acceptors (Lipinski definition) is 6. The first kappa shape index (κ1) is 20.4. The third kappa shape index (κ3) is 4.63. The van der Waals surface area contributed by atoms with E-state index in [1.807, 2.05) is 72.8 Å². The molecule has 0 bridgehead atoms. The number of rotatable bonds is 8. The number of hydrazone groups is 1. The Kier molecular flexibility index (Phi) is 6.30. The Bertz CT molecular complexity index is 981. The van der Waals surface area contributed by atoms with Crippen LogP contribution in [0.25, 0.3) is 0 Å². The number of likely N-dealkylation sites (N-methyl/N-ethyl adjacent to an activating group) is 1. The van der Waals surface area contributed by atoms with Gasteiger partial charge in [-0.25, -0.2) is 5.01 Å². The second-order valence-electron chi connectivity index (χ2n) is 7.25. The Hall–Kier alpha value is -2.90. The van der Waals surface area contributed by atoms with Gasteiger partial charge in [0.2, 0.25) is 0 Å². The van der Waals surface area contributed by atoms with Gasteiger partial charge in [-0.05, 0) is 55.2 Å². The van der Waals surface area contributed by atoms with Crippen LogP contribution in [0.4, 0.5) is 0 Å². The highest BCUT2D eigenvalue weighted by atomic mass is 32.1. The molecule has 0 aliphatic carbocycles. The van der Waals surface area contributed by atoms with Gasteiger partial charge in [-0.1, -0.05) is 18.2 Å². The molecule has 1 atom stereocenters. The normalized spacial score (nSPS) is 16.2. The zero-order chi connectivity index (χ0) is 20.9. The quantitative estimate of drug-likeness (QED) is 0.533. The third-order valence-electron chi connectivity index (χ3n) is 4.94. The molecule has 3 aromatic rings. The maximum atomic E-state index is 13.1. The number of hydrogen-bond donors (Lipinski definition) is 0. The van der Waals surface area contributed by atoms with E-state index in [4.69, 9.17) is 9.15 Å². The predicted molar refractivity (Wildman–Crippen MR) is 118 cm³/mol. The molecule has 7 heteroatoms. The maximum absolute atomic E-state index is 13.1. The van der Waals surface area contributed by atoms with Crippen molar-refractivity contribution < 1.29 is 13.9 Å². The fourth-order valence-corrected chi connectivity index (χ4v) is 4.28. The van der Waals surface area contributed by atoms with Crippen LogP contribution >= 0.6 is 11.3 Å². The molecule has 4 rings (SSSR count). The van der Waals surface area contributed by atoms with Crippen LogP contribution in [-0.2, 0) is 11.3 Å². The molecule has 156 valence electrons.